The Morgan fingerprint density at radius 2 is 0.957 bits per heavy atom. The molecular formula is C18H36CuO4. The molecule has 23 heavy (non-hydrogen) atoms. The number of hydrogen-bond acceptors (Lipinski definition) is 2. The molecule has 143 valence electrons. The van der Waals surface area contributed by atoms with Crippen molar-refractivity contribution < 1.29 is 36.9 Å². The Hall–Kier alpha value is -0.541. The van der Waals surface area contributed by atoms with Crippen LogP contribution in [0.25, 0.3) is 0 Å². The van der Waals surface area contributed by atoms with Crippen molar-refractivity contribution in [1.29, 1.82) is 0 Å². The zero-order valence-electron chi connectivity index (χ0n) is 16.0. The van der Waals surface area contributed by atoms with Crippen LogP contribution in [-0.2, 0) is 26.7 Å². The fraction of sp³-hybridized carbons (Fsp3) is 0.889. The van der Waals surface area contributed by atoms with Crippen LogP contribution >= 0.6 is 0 Å². The molecule has 0 aromatic rings. The summed E-state index contributed by atoms with van der Waals surface area (Å²) in [5.74, 6) is -0.250. The number of carbonyl (C=O) groups is 2. The zero-order valence-corrected chi connectivity index (χ0v) is 16.9. The van der Waals surface area contributed by atoms with Crippen molar-refractivity contribution in [2.24, 2.45) is 22.7 Å². The minimum atomic E-state index is -0.698. The predicted octanol–water partition coefficient (Wildman–Crippen LogP) is 5.06. The van der Waals surface area contributed by atoms with Gasteiger partial charge in [-0.1, -0.05) is 55.4 Å². The van der Waals surface area contributed by atoms with Gasteiger partial charge < -0.3 is 10.2 Å². The second-order valence-corrected chi connectivity index (χ2v) is 8.67. The minimum Gasteiger partial charge on any atom is -0.481 e. The van der Waals surface area contributed by atoms with Crippen molar-refractivity contribution in [2.75, 3.05) is 0 Å². The van der Waals surface area contributed by atoms with Crippen LogP contribution in [-0.4, -0.2) is 22.2 Å². The Bertz CT molecular complexity index is 313. The van der Waals surface area contributed by atoms with Gasteiger partial charge in [-0.25, -0.2) is 0 Å². The van der Waals surface area contributed by atoms with Crippen LogP contribution in [0.4, 0.5) is 0 Å². The Morgan fingerprint density at radius 1 is 0.739 bits per heavy atom. The fourth-order valence-electron chi connectivity index (χ4n) is 3.17. The quantitative estimate of drug-likeness (QED) is 0.577. The molecule has 0 amide bonds. The summed E-state index contributed by atoms with van der Waals surface area (Å²) in [5.41, 5.74) is -0.111. The molecule has 1 radical (unpaired) electrons. The van der Waals surface area contributed by atoms with Gasteiger partial charge >= 0.3 is 11.9 Å². The molecule has 0 bridgehead atoms. The van der Waals surface area contributed by atoms with Crippen LogP contribution in [0, 0.1) is 22.7 Å². The molecule has 0 heterocycles. The molecule has 0 spiro atoms. The van der Waals surface area contributed by atoms with E-state index in [1.807, 2.05) is 27.7 Å². The first-order chi connectivity index (χ1) is 9.67. The predicted molar refractivity (Wildman–Crippen MR) is 91.0 cm³/mol. The summed E-state index contributed by atoms with van der Waals surface area (Å²) in [5, 5.41) is 17.1. The monoisotopic (exact) mass is 379 g/mol. The topological polar surface area (TPSA) is 74.6 Å². The number of aliphatic carboxylic acids is 2. The molecular weight excluding hydrogens is 344 g/mol. The Morgan fingerprint density at radius 3 is 1.09 bits per heavy atom. The molecule has 0 atom stereocenters. The molecule has 0 fully saturated rings. The van der Waals surface area contributed by atoms with Gasteiger partial charge in [0.25, 0.3) is 0 Å². The van der Waals surface area contributed by atoms with Crippen LogP contribution in [0.1, 0.15) is 81.1 Å². The van der Waals surface area contributed by atoms with Gasteiger partial charge in [0.1, 0.15) is 0 Å². The van der Waals surface area contributed by atoms with Crippen molar-refractivity contribution in [3.8, 4) is 0 Å². The number of hydrogen-bond donors (Lipinski definition) is 2. The average molecular weight is 380 g/mol. The zero-order chi connectivity index (χ0) is 18.1. The van der Waals surface area contributed by atoms with Gasteiger partial charge in [0.15, 0.2) is 0 Å². The van der Waals surface area contributed by atoms with E-state index in [-0.39, 0.29) is 40.7 Å². The largest absolute Gasteiger partial charge is 0.481 e. The number of carboxylic acid groups (broad SMARTS) is 2. The molecule has 0 saturated carbocycles. The van der Waals surface area contributed by atoms with E-state index in [2.05, 4.69) is 27.7 Å². The van der Waals surface area contributed by atoms with Crippen LogP contribution in [0.2, 0.25) is 0 Å². The first-order valence-corrected chi connectivity index (χ1v) is 8.10. The summed E-state index contributed by atoms with van der Waals surface area (Å²) in [6.07, 6.45) is 2.48. The van der Waals surface area contributed by atoms with Crippen molar-refractivity contribution in [1.82, 2.24) is 0 Å². The molecule has 5 heteroatoms. The Balaban J connectivity index is -0.000000333. The molecule has 0 saturated heterocycles. The molecule has 0 aliphatic rings. The van der Waals surface area contributed by atoms with E-state index in [0.29, 0.717) is 11.8 Å². The Labute approximate surface area is 152 Å². The van der Waals surface area contributed by atoms with Crippen molar-refractivity contribution >= 4 is 11.9 Å². The van der Waals surface area contributed by atoms with Crippen LogP contribution in [0.15, 0.2) is 0 Å². The second kappa shape index (κ2) is 11.9. The van der Waals surface area contributed by atoms with Gasteiger partial charge in [-0.15, -0.1) is 0 Å². The normalized spacial score (nSPS) is 11.6. The summed E-state index contributed by atoms with van der Waals surface area (Å²) in [6, 6.07) is 0. The van der Waals surface area contributed by atoms with Gasteiger partial charge in [-0.3, -0.25) is 9.59 Å². The first-order valence-electron chi connectivity index (χ1n) is 8.10. The molecule has 0 rings (SSSR count). The summed E-state index contributed by atoms with van der Waals surface area (Å²) in [4.78, 5) is 20.8. The van der Waals surface area contributed by atoms with E-state index in [1.165, 1.54) is 0 Å². The maximum Gasteiger partial charge on any atom is 0.303 e. The maximum absolute atomic E-state index is 10.4. The first kappa shape index (κ1) is 27.3. The molecule has 4 nitrogen and oxygen atoms in total. The van der Waals surface area contributed by atoms with Crippen molar-refractivity contribution in [3.63, 3.8) is 0 Å². The second-order valence-electron chi connectivity index (χ2n) is 8.67. The summed E-state index contributed by atoms with van der Waals surface area (Å²) in [6.45, 7) is 16.5. The average Bonchev–Trinajstić information content (AvgIpc) is 2.06. The molecule has 0 aliphatic carbocycles. The maximum atomic E-state index is 10.4. The fourth-order valence-corrected chi connectivity index (χ4v) is 3.17. The van der Waals surface area contributed by atoms with Crippen molar-refractivity contribution in [3.05, 3.63) is 0 Å². The van der Waals surface area contributed by atoms with Gasteiger partial charge in [0.05, 0.1) is 12.8 Å². The molecule has 0 aromatic carbocycles. The number of rotatable bonds is 8. The molecule has 0 aromatic heterocycles. The van der Waals surface area contributed by atoms with Gasteiger partial charge in [0.2, 0.25) is 0 Å². The number of carboxylic acids is 2. The smallest absolute Gasteiger partial charge is 0.303 e. The molecule has 0 aliphatic heterocycles. The third kappa shape index (κ3) is 21.5. The van der Waals surface area contributed by atoms with E-state index in [4.69, 9.17) is 10.2 Å². The summed E-state index contributed by atoms with van der Waals surface area (Å²) in [7, 11) is 0. The summed E-state index contributed by atoms with van der Waals surface area (Å²) >= 11 is 0. The molecule has 2 N–H and O–H groups in total. The van der Waals surface area contributed by atoms with E-state index in [9.17, 15) is 9.59 Å². The molecule has 0 unspecified atom stereocenters. The van der Waals surface area contributed by atoms with Crippen LogP contribution in [0.5, 0.6) is 0 Å². The SMILES string of the molecule is CC(C)CC(C)(C)CC(=O)O.CC(C)CC(C)(C)CC(=O)O.[Cu]. The Kier molecular flexibility index (Phi) is 14.1. The van der Waals surface area contributed by atoms with E-state index < -0.39 is 11.9 Å². The van der Waals surface area contributed by atoms with Gasteiger partial charge in [-0.2, -0.15) is 0 Å². The van der Waals surface area contributed by atoms with Crippen LogP contribution < -0.4 is 0 Å². The van der Waals surface area contributed by atoms with E-state index in [0.717, 1.165) is 12.8 Å². The van der Waals surface area contributed by atoms with E-state index in [1.54, 1.807) is 0 Å². The standard InChI is InChI=1S/2C9H18O2.Cu/c2*1-7(2)5-9(3,4)6-8(10)11;/h2*7H,5-6H2,1-4H3,(H,10,11);. The van der Waals surface area contributed by atoms with Gasteiger partial charge in [0, 0.05) is 17.1 Å². The third-order valence-electron chi connectivity index (χ3n) is 3.18. The van der Waals surface area contributed by atoms with E-state index >= 15 is 0 Å². The third-order valence-corrected chi connectivity index (χ3v) is 3.18. The van der Waals surface area contributed by atoms with Crippen LogP contribution in [0.3, 0.4) is 0 Å². The van der Waals surface area contributed by atoms with Crippen molar-refractivity contribution in [2.45, 2.75) is 81.1 Å². The van der Waals surface area contributed by atoms with Gasteiger partial charge in [-0.05, 0) is 35.5 Å². The summed E-state index contributed by atoms with van der Waals surface area (Å²) < 4.78 is 0. The minimum absolute atomic E-state index is 0.